The summed E-state index contributed by atoms with van der Waals surface area (Å²) in [6.07, 6.45) is 2.07. The SMILES string of the molecule is Cc1ccccc1C1=CCN(C(=O)Nc2snc(C)c2C#N)C1. The van der Waals surface area contributed by atoms with Crippen LogP contribution in [0.4, 0.5) is 9.80 Å². The van der Waals surface area contributed by atoms with Gasteiger partial charge in [0.25, 0.3) is 0 Å². The Balaban J connectivity index is 1.70. The molecule has 0 fully saturated rings. The second-order valence-electron chi connectivity index (χ2n) is 5.44. The second-order valence-corrected chi connectivity index (χ2v) is 6.21. The second kappa shape index (κ2) is 6.23. The summed E-state index contributed by atoms with van der Waals surface area (Å²) < 4.78 is 4.11. The molecule has 1 aliphatic rings. The van der Waals surface area contributed by atoms with E-state index in [2.05, 4.69) is 40.9 Å². The van der Waals surface area contributed by atoms with Gasteiger partial charge in [0.15, 0.2) is 0 Å². The highest BCUT2D eigenvalue weighted by atomic mass is 32.1. The number of aromatic nitrogens is 1. The number of hydrogen-bond acceptors (Lipinski definition) is 4. The lowest BCUT2D eigenvalue weighted by Crippen LogP contribution is -2.33. The van der Waals surface area contributed by atoms with Crippen molar-refractivity contribution in [1.29, 1.82) is 5.26 Å². The van der Waals surface area contributed by atoms with Gasteiger partial charge in [-0.05, 0) is 42.1 Å². The summed E-state index contributed by atoms with van der Waals surface area (Å²) in [5, 5.41) is 12.4. The topological polar surface area (TPSA) is 69.0 Å². The van der Waals surface area contributed by atoms with Crippen LogP contribution in [0.15, 0.2) is 30.3 Å². The number of aryl methyl sites for hydroxylation is 2. The molecule has 1 aromatic heterocycles. The smallest absolute Gasteiger partial charge is 0.316 e. The lowest BCUT2D eigenvalue weighted by Gasteiger charge is -2.17. The number of nitriles is 1. The van der Waals surface area contributed by atoms with Crippen LogP contribution in [0.25, 0.3) is 5.57 Å². The van der Waals surface area contributed by atoms with E-state index in [1.807, 2.05) is 12.1 Å². The zero-order valence-electron chi connectivity index (χ0n) is 13.0. The van der Waals surface area contributed by atoms with Crippen LogP contribution >= 0.6 is 11.5 Å². The van der Waals surface area contributed by atoms with Gasteiger partial charge >= 0.3 is 6.03 Å². The molecule has 3 rings (SSSR count). The van der Waals surface area contributed by atoms with E-state index in [1.54, 1.807) is 11.8 Å². The van der Waals surface area contributed by atoms with E-state index in [0.717, 1.165) is 17.1 Å². The molecule has 1 aromatic carbocycles. The van der Waals surface area contributed by atoms with Crippen molar-refractivity contribution in [2.75, 3.05) is 18.4 Å². The van der Waals surface area contributed by atoms with E-state index in [0.29, 0.717) is 29.3 Å². The molecule has 0 saturated carbocycles. The van der Waals surface area contributed by atoms with Gasteiger partial charge in [0.1, 0.15) is 16.6 Å². The summed E-state index contributed by atoms with van der Waals surface area (Å²) in [5.41, 5.74) is 4.61. The van der Waals surface area contributed by atoms with Crippen molar-refractivity contribution in [3.63, 3.8) is 0 Å². The molecule has 2 heterocycles. The van der Waals surface area contributed by atoms with Crippen LogP contribution in [0.1, 0.15) is 22.4 Å². The van der Waals surface area contributed by atoms with E-state index in [1.165, 1.54) is 11.1 Å². The molecule has 2 aromatic rings. The summed E-state index contributed by atoms with van der Waals surface area (Å²) in [6, 6.07) is 10.0. The third-order valence-electron chi connectivity index (χ3n) is 3.89. The van der Waals surface area contributed by atoms with Gasteiger partial charge in [-0.15, -0.1) is 0 Å². The van der Waals surface area contributed by atoms with Crippen LogP contribution < -0.4 is 5.32 Å². The van der Waals surface area contributed by atoms with Crippen LogP contribution in [0.2, 0.25) is 0 Å². The number of amides is 2. The van der Waals surface area contributed by atoms with Gasteiger partial charge in [-0.3, -0.25) is 5.32 Å². The Hall–Kier alpha value is -2.65. The minimum atomic E-state index is -0.204. The van der Waals surface area contributed by atoms with Gasteiger partial charge in [-0.1, -0.05) is 30.3 Å². The van der Waals surface area contributed by atoms with E-state index in [9.17, 15) is 4.79 Å². The van der Waals surface area contributed by atoms with Crippen LogP contribution in [-0.2, 0) is 0 Å². The van der Waals surface area contributed by atoms with E-state index in [-0.39, 0.29) is 6.03 Å². The standard InChI is InChI=1S/C17H16N4OS/c1-11-5-3-4-6-14(11)13-7-8-21(10-13)17(22)19-16-15(9-18)12(2)20-23-16/h3-7H,8,10H2,1-2H3,(H,19,22). The summed E-state index contributed by atoms with van der Waals surface area (Å²) in [4.78, 5) is 14.1. The van der Waals surface area contributed by atoms with Crippen LogP contribution in [0.3, 0.4) is 0 Å². The zero-order chi connectivity index (χ0) is 16.4. The molecule has 0 saturated heterocycles. The molecule has 0 radical (unpaired) electrons. The van der Waals surface area contributed by atoms with E-state index < -0.39 is 0 Å². The third-order valence-corrected chi connectivity index (χ3v) is 4.75. The maximum Gasteiger partial charge on any atom is 0.323 e. The van der Waals surface area contributed by atoms with Crippen molar-refractivity contribution < 1.29 is 4.79 Å². The Labute approximate surface area is 139 Å². The molecule has 0 atom stereocenters. The monoisotopic (exact) mass is 324 g/mol. The number of rotatable bonds is 2. The molecule has 1 aliphatic heterocycles. The highest BCUT2D eigenvalue weighted by Crippen LogP contribution is 2.26. The predicted octanol–water partition coefficient (Wildman–Crippen LogP) is 3.56. The fourth-order valence-corrected chi connectivity index (χ4v) is 3.34. The Bertz CT molecular complexity index is 831. The van der Waals surface area contributed by atoms with Gasteiger partial charge < -0.3 is 4.90 Å². The van der Waals surface area contributed by atoms with Crippen molar-refractivity contribution in [2.24, 2.45) is 0 Å². The number of anilines is 1. The first kappa shape index (κ1) is 15.3. The van der Waals surface area contributed by atoms with Crippen LogP contribution in [0, 0.1) is 25.2 Å². The molecular formula is C17H16N4OS. The number of nitrogens with one attached hydrogen (secondary N) is 1. The van der Waals surface area contributed by atoms with Gasteiger partial charge in [0.05, 0.1) is 5.69 Å². The lowest BCUT2D eigenvalue weighted by molar-refractivity contribution is 0.225. The number of carbonyl (C=O) groups is 1. The van der Waals surface area contributed by atoms with Gasteiger partial charge in [-0.25, -0.2) is 4.79 Å². The molecule has 6 heteroatoms. The maximum atomic E-state index is 12.4. The van der Waals surface area contributed by atoms with Crippen molar-refractivity contribution in [1.82, 2.24) is 9.27 Å². The number of urea groups is 1. The number of benzene rings is 1. The minimum absolute atomic E-state index is 0.204. The Morgan fingerprint density at radius 3 is 2.91 bits per heavy atom. The zero-order valence-corrected chi connectivity index (χ0v) is 13.8. The molecule has 23 heavy (non-hydrogen) atoms. The minimum Gasteiger partial charge on any atom is -0.316 e. The fourth-order valence-electron chi connectivity index (χ4n) is 2.60. The number of carbonyl (C=O) groups excluding carboxylic acids is 1. The number of nitrogens with zero attached hydrogens (tertiary/aromatic N) is 3. The van der Waals surface area contributed by atoms with Gasteiger partial charge in [0.2, 0.25) is 0 Å². The molecule has 116 valence electrons. The lowest BCUT2D eigenvalue weighted by atomic mass is 10.0. The highest BCUT2D eigenvalue weighted by Gasteiger charge is 2.23. The molecule has 0 unspecified atom stereocenters. The fraction of sp³-hybridized carbons (Fsp3) is 0.235. The Kier molecular flexibility index (Phi) is 4.13. The normalized spacial score (nSPS) is 13.6. The van der Waals surface area contributed by atoms with Crippen molar-refractivity contribution in [3.05, 3.63) is 52.7 Å². The average molecular weight is 324 g/mol. The average Bonchev–Trinajstić information content (AvgIpc) is 3.15. The van der Waals surface area contributed by atoms with E-state index >= 15 is 0 Å². The first-order chi connectivity index (χ1) is 11.1. The third kappa shape index (κ3) is 2.96. The summed E-state index contributed by atoms with van der Waals surface area (Å²) in [6.45, 7) is 4.96. The highest BCUT2D eigenvalue weighted by molar-refractivity contribution is 7.10. The first-order valence-corrected chi connectivity index (χ1v) is 8.05. The Morgan fingerprint density at radius 2 is 2.17 bits per heavy atom. The maximum absolute atomic E-state index is 12.4. The molecule has 2 amide bonds. The van der Waals surface area contributed by atoms with Crippen molar-refractivity contribution >= 4 is 28.1 Å². The van der Waals surface area contributed by atoms with Crippen LogP contribution in [0.5, 0.6) is 0 Å². The van der Waals surface area contributed by atoms with Gasteiger partial charge in [-0.2, -0.15) is 9.64 Å². The molecular weight excluding hydrogens is 308 g/mol. The molecule has 0 aliphatic carbocycles. The first-order valence-electron chi connectivity index (χ1n) is 7.27. The van der Waals surface area contributed by atoms with E-state index in [4.69, 9.17) is 5.26 Å². The molecule has 1 N–H and O–H groups in total. The van der Waals surface area contributed by atoms with Gasteiger partial charge in [0, 0.05) is 13.1 Å². The number of hydrogen-bond donors (Lipinski definition) is 1. The molecule has 5 nitrogen and oxygen atoms in total. The van der Waals surface area contributed by atoms with Crippen molar-refractivity contribution in [2.45, 2.75) is 13.8 Å². The summed E-state index contributed by atoms with van der Waals surface area (Å²) in [7, 11) is 0. The quantitative estimate of drug-likeness (QED) is 0.918. The molecule has 0 bridgehead atoms. The van der Waals surface area contributed by atoms with Crippen molar-refractivity contribution in [3.8, 4) is 6.07 Å². The Morgan fingerprint density at radius 1 is 1.39 bits per heavy atom. The predicted molar refractivity (Wildman–Crippen MR) is 91.3 cm³/mol. The molecule has 0 spiro atoms. The largest absolute Gasteiger partial charge is 0.323 e. The van der Waals surface area contributed by atoms with Crippen LogP contribution in [-0.4, -0.2) is 28.4 Å². The summed E-state index contributed by atoms with van der Waals surface area (Å²) >= 11 is 1.14. The summed E-state index contributed by atoms with van der Waals surface area (Å²) in [5.74, 6) is 0.